The maximum Gasteiger partial charge on any atom is 0.414 e. The van der Waals surface area contributed by atoms with Crippen molar-refractivity contribution in [2.45, 2.75) is 19.9 Å². The lowest BCUT2D eigenvalue weighted by molar-refractivity contribution is -0.159. The van der Waals surface area contributed by atoms with E-state index < -0.39 is 11.9 Å². The lowest BCUT2D eigenvalue weighted by atomic mass is 10.1. The maximum absolute atomic E-state index is 13.4. The lowest BCUT2D eigenvalue weighted by Crippen LogP contribution is -2.28. The Hall–Kier alpha value is -3.26. The third-order valence-electron chi connectivity index (χ3n) is 3.39. The first kappa shape index (κ1) is 21.8. The largest absolute Gasteiger partial charge is 0.473 e. The van der Waals surface area contributed by atoms with Crippen molar-refractivity contribution in [3.05, 3.63) is 65.5 Å². The highest BCUT2D eigenvalue weighted by atomic mass is 19.1. The minimum absolute atomic E-state index is 0.143. The summed E-state index contributed by atoms with van der Waals surface area (Å²) in [7, 11) is 0. The van der Waals surface area contributed by atoms with Crippen LogP contribution in [-0.4, -0.2) is 34.6 Å². The van der Waals surface area contributed by atoms with Gasteiger partial charge in [0.15, 0.2) is 0 Å². The quantitative estimate of drug-likeness (QED) is 0.575. The number of carbonyl (C=O) groups excluding carboxylic acids is 1. The number of benzene rings is 2. The molecule has 1 amide bonds. The summed E-state index contributed by atoms with van der Waals surface area (Å²) in [6, 6.07) is 14.3. The van der Waals surface area contributed by atoms with Crippen LogP contribution < -0.4 is 10.6 Å². The number of aryl methyl sites for hydroxylation is 1. The van der Waals surface area contributed by atoms with Crippen LogP contribution in [0.2, 0.25) is 0 Å². The van der Waals surface area contributed by atoms with Gasteiger partial charge in [-0.2, -0.15) is 0 Å². The Bertz CT molecular complexity index is 766. The van der Waals surface area contributed by atoms with Gasteiger partial charge in [0.2, 0.25) is 5.91 Å². The third-order valence-corrected chi connectivity index (χ3v) is 3.39. The summed E-state index contributed by atoms with van der Waals surface area (Å²) in [6.07, 6.45) is 0.971. The topological polar surface area (TPSA) is 116 Å². The van der Waals surface area contributed by atoms with E-state index in [9.17, 15) is 9.18 Å². The fourth-order valence-electron chi connectivity index (χ4n) is 1.98. The van der Waals surface area contributed by atoms with Crippen molar-refractivity contribution >= 4 is 23.5 Å². The van der Waals surface area contributed by atoms with E-state index in [1.807, 2.05) is 24.3 Å². The van der Waals surface area contributed by atoms with E-state index in [0.717, 1.165) is 12.1 Å². The Morgan fingerprint density at radius 2 is 1.56 bits per heavy atom. The Labute approximate surface area is 155 Å². The van der Waals surface area contributed by atoms with Gasteiger partial charge in [-0.3, -0.25) is 4.79 Å². The second-order valence-electron chi connectivity index (χ2n) is 5.40. The first-order valence-corrected chi connectivity index (χ1v) is 8.12. The predicted octanol–water partition coefficient (Wildman–Crippen LogP) is 2.27. The summed E-state index contributed by atoms with van der Waals surface area (Å²) in [5.74, 6) is -4.05. The molecule has 7 nitrogen and oxygen atoms in total. The molecule has 0 atom stereocenters. The second-order valence-corrected chi connectivity index (χ2v) is 5.40. The highest BCUT2D eigenvalue weighted by Crippen LogP contribution is 2.09. The summed E-state index contributed by atoms with van der Waals surface area (Å²) in [5, 5.41) is 20.5. The van der Waals surface area contributed by atoms with Crippen molar-refractivity contribution in [1.82, 2.24) is 5.32 Å². The molecule has 0 saturated carbocycles. The van der Waals surface area contributed by atoms with Crippen molar-refractivity contribution in [3.8, 4) is 0 Å². The molecule has 0 unspecified atom stereocenters. The molecule has 0 saturated heterocycles. The van der Waals surface area contributed by atoms with Gasteiger partial charge >= 0.3 is 11.9 Å². The third kappa shape index (κ3) is 8.59. The number of anilines is 1. The van der Waals surface area contributed by atoms with E-state index in [4.69, 9.17) is 19.8 Å². The summed E-state index contributed by atoms with van der Waals surface area (Å²) < 4.78 is 13.4. The van der Waals surface area contributed by atoms with Crippen molar-refractivity contribution in [2.24, 2.45) is 0 Å². The summed E-state index contributed by atoms with van der Waals surface area (Å²) >= 11 is 0. The maximum atomic E-state index is 13.4. The van der Waals surface area contributed by atoms with Gasteiger partial charge in [-0.05, 0) is 30.2 Å². The van der Waals surface area contributed by atoms with Gasteiger partial charge in [0.25, 0.3) is 0 Å². The molecule has 144 valence electrons. The van der Waals surface area contributed by atoms with Crippen LogP contribution >= 0.6 is 0 Å². The average Bonchev–Trinajstić information content (AvgIpc) is 2.64. The van der Waals surface area contributed by atoms with Crippen molar-refractivity contribution in [2.75, 3.05) is 11.9 Å². The molecule has 27 heavy (non-hydrogen) atoms. The number of carbonyl (C=O) groups is 3. The normalized spacial score (nSPS) is 9.70. The molecule has 2 aromatic carbocycles. The van der Waals surface area contributed by atoms with Crippen LogP contribution in [0.1, 0.15) is 18.1 Å². The number of halogens is 1. The van der Waals surface area contributed by atoms with Crippen LogP contribution in [0.5, 0.6) is 0 Å². The highest BCUT2D eigenvalue weighted by molar-refractivity contribution is 6.27. The fourth-order valence-corrected chi connectivity index (χ4v) is 1.98. The van der Waals surface area contributed by atoms with E-state index in [1.54, 1.807) is 18.2 Å². The number of hydrogen-bond acceptors (Lipinski definition) is 4. The number of rotatable bonds is 6. The number of hydrogen-bond donors (Lipinski definition) is 4. The number of carboxylic acid groups (broad SMARTS) is 2. The van der Waals surface area contributed by atoms with Crippen LogP contribution in [-0.2, 0) is 27.3 Å². The Morgan fingerprint density at radius 3 is 2.07 bits per heavy atom. The van der Waals surface area contributed by atoms with Gasteiger partial charge in [0.05, 0.1) is 6.54 Å². The summed E-state index contributed by atoms with van der Waals surface area (Å²) in [4.78, 5) is 30.0. The molecule has 8 heteroatoms. The van der Waals surface area contributed by atoms with E-state index >= 15 is 0 Å². The Morgan fingerprint density at radius 1 is 0.963 bits per heavy atom. The Kier molecular flexibility index (Phi) is 9.18. The standard InChI is InChI=1S/C17H19FN2O.C2H2O4/c1-2-13-7-9-15(10-8-13)20-17(21)12-19-11-14-5-3-4-6-16(14)18;3-1(4)2(5)6/h3-10,19H,2,11-12H2,1H3,(H,20,21);(H,3,4)(H,5,6). The monoisotopic (exact) mass is 376 g/mol. The summed E-state index contributed by atoms with van der Waals surface area (Å²) in [5.41, 5.74) is 2.55. The molecule has 4 N–H and O–H groups in total. The number of aliphatic carboxylic acids is 2. The highest BCUT2D eigenvalue weighted by Gasteiger charge is 2.05. The smallest absolute Gasteiger partial charge is 0.414 e. The molecule has 0 aliphatic heterocycles. The molecule has 2 aromatic rings. The second kappa shape index (κ2) is 11.4. The van der Waals surface area contributed by atoms with Gasteiger partial charge in [-0.25, -0.2) is 14.0 Å². The molecule has 0 spiro atoms. The van der Waals surface area contributed by atoms with Gasteiger partial charge < -0.3 is 20.8 Å². The van der Waals surface area contributed by atoms with E-state index in [2.05, 4.69) is 17.6 Å². The lowest BCUT2D eigenvalue weighted by Gasteiger charge is -2.08. The number of carboxylic acids is 2. The van der Waals surface area contributed by atoms with Crippen LogP contribution in [0.25, 0.3) is 0 Å². The van der Waals surface area contributed by atoms with E-state index in [0.29, 0.717) is 12.1 Å². The van der Waals surface area contributed by atoms with Gasteiger partial charge in [0, 0.05) is 17.8 Å². The first-order valence-electron chi connectivity index (χ1n) is 8.12. The van der Waals surface area contributed by atoms with E-state index in [-0.39, 0.29) is 18.3 Å². The molecule has 0 aromatic heterocycles. The van der Waals surface area contributed by atoms with Gasteiger partial charge in [-0.1, -0.05) is 37.3 Å². The molecule has 0 fully saturated rings. The SMILES string of the molecule is CCc1ccc(NC(=O)CNCc2ccccc2F)cc1.O=C(O)C(=O)O. The van der Waals surface area contributed by atoms with Gasteiger partial charge in [-0.15, -0.1) is 0 Å². The zero-order valence-corrected chi connectivity index (χ0v) is 14.7. The van der Waals surface area contributed by atoms with Crippen LogP contribution in [0.4, 0.5) is 10.1 Å². The molecule has 0 bridgehead atoms. The number of nitrogens with one attached hydrogen (secondary N) is 2. The van der Waals surface area contributed by atoms with Crippen molar-refractivity contribution < 1.29 is 29.0 Å². The number of amides is 1. The van der Waals surface area contributed by atoms with E-state index in [1.165, 1.54) is 11.6 Å². The zero-order chi connectivity index (χ0) is 20.2. The minimum Gasteiger partial charge on any atom is -0.473 e. The van der Waals surface area contributed by atoms with Crippen LogP contribution in [0.3, 0.4) is 0 Å². The molecule has 0 aliphatic carbocycles. The minimum atomic E-state index is -1.82. The molecular formula is C19H21FN2O5. The van der Waals surface area contributed by atoms with Crippen LogP contribution in [0, 0.1) is 5.82 Å². The molecule has 0 radical (unpaired) electrons. The molecule has 0 aliphatic rings. The first-order chi connectivity index (χ1) is 12.8. The fraction of sp³-hybridized carbons (Fsp3) is 0.211. The summed E-state index contributed by atoms with van der Waals surface area (Å²) in [6.45, 7) is 2.55. The Balaban J connectivity index is 0.000000527. The van der Waals surface area contributed by atoms with Crippen molar-refractivity contribution in [1.29, 1.82) is 0 Å². The van der Waals surface area contributed by atoms with Crippen molar-refractivity contribution in [3.63, 3.8) is 0 Å². The molecular weight excluding hydrogens is 355 g/mol. The molecule has 2 rings (SSSR count). The van der Waals surface area contributed by atoms with Gasteiger partial charge in [0.1, 0.15) is 5.82 Å². The average molecular weight is 376 g/mol. The zero-order valence-electron chi connectivity index (χ0n) is 14.7. The predicted molar refractivity (Wildman–Crippen MR) is 97.8 cm³/mol. The molecule has 0 heterocycles. The van der Waals surface area contributed by atoms with Crippen LogP contribution in [0.15, 0.2) is 48.5 Å².